The molecule has 7 heteroatoms. The molecular formula is C16H24N2O4S. The van der Waals surface area contributed by atoms with Crippen LogP contribution in [0.1, 0.15) is 49.1 Å². The van der Waals surface area contributed by atoms with Gasteiger partial charge < -0.3 is 14.9 Å². The van der Waals surface area contributed by atoms with E-state index in [1.807, 2.05) is 13.8 Å². The molecule has 1 heterocycles. The molecule has 6 nitrogen and oxygen atoms in total. The summed E-state index contributed by atoms with van der Waals surface area (Å²) in [5, 5.41) is 16.2. The highest BCUT2D eigenvalue weighted by molar-refractivity contribution is 7.99. The largest absolute Gasteiger partial charge is 0.481 e. The summed E-state index contributed by atoms with van der Waals surface area (Å²) < 4.78 is 5.09. The van der Waals surface area contributed by atoms with Gasteiger partial charge in [0.05, 0.1) is 16.9 Å². The number of hydrogen-bond acceptors (Lipinski definition) is 5. The first kappa shape index (κ1) is 17.8. The summed E-state index contributed by atoms with van der Waals surface area (Å²) >= 11 is 1.48. The van der Waals surface area contributed by atoms with E-state index in [-0.39, 0.29) is 12.5 Å². The highest BCUT2D eigenvalue weighted by Gasteiger charge is 2.39. The molecule has 0 aliphatic heterocycles. The molecule has 2 N–H and O–H groups in total. The first-order valence-electron chi connectivity index (χ1n) is 7.94. The first-order valence-corrected chi connectivity index (χ1v) is 9.10. The molecule has 1 saturated carbocycles. The Balaban J connectivity index is 1.77. The Morgan fingerprint density at radius 3 is 2.57 bits per heavy atom. The number of rotatable bonds is 7. The van der Waals surface area contributed by atoms with Gasteiger partial charge in [-0.2, -0.15) is 0 Å². The zero-order valence-electron chi connectivity index (χ0n) is 13.7. The number of aromatic nitrogens is 1. The van der Waals surface area contributed by atoms with Crippen molar-refractivity contribution in [3.63, 3.8) is 0 Å². The fourth-order valence-corrected chi connectivity index (χ4v) is 3.97. The molecule has 0 radical (unpaired) electrons. The molecule has 1 aromatic rings. The number of amides is 1. The average molecular weight is 340 g/mol. The minimum atomic E-state index is -0.791. The van der Waals surface area contributed by atoms with Gasteiger partial charge in [-0.05, 0) is 26.7 Å². The topological polar surface area (TPSA) is 92.4 Å². The summed E-state index contributed by atoms with van der Waals surface area (Å²) in [6.45, 7) is 3.97. The van der Waals surface area contributed by atoms with Gasteiger partial charge in [0, 0.05) is 17.9 Å². The molecule has 1 aromatic heterocycles. The van der Waals surface area contributed by atoms with Gasteiger partial charge in [-0.1, -0.05) is 24.4 Å². The van der Waals surface area contributed by atoms with Crippen LogP contribution >= 0.6 is 11.8 Å². The van der Waals surface area contributed by atoms with Crippen LogP contribution in [0.4, 0.5) is 0 Å². The van der Waals surface area contributed by atoms with Crippen molar-refractivity contribution < 1.29 is 19.2 Å². The zero-order valence-corrected chi connectivity index (χ0v) is 14.5. The number of carbonyl (C=O) groups excluding carboxylic acids is 1. The molecule has 0 bridgehead atoms. The average Bonchev–Trinajstić information content (AvgIpc) is 2.85. The second-order valence-corrected chi connectivity index (χ2v) is 7.20. The standard InChI is InChI=1S/C16H24N2O4S/c1-11-13(12(2)22-18-11)8-23-9-14(19)17-10-16(15(20)21)6-4-3-5-7-16/h3-10H2,1-2H3,(H,17,19)(H,20,21). The van der Waals surface area contributed by atoms with Crippen molar-refractivity contribution in [2.24, 2.45) is 5.41 Å². The lowest BCUT2D eigenvalue weighted by Gasteiger charge is -2.33. The minimum Gasteiger partial charge on any atom is -0.481 e. The summed E-state index contributed by atoms with van der Waals surface area (Å²) in [6, 6.07) is 0. The lowest BCUT2D eigenvalue weighted by molar-refractivity contribution is -0.151. The molecule has 1 aliphatic carbocycles. The third kappa shape index (κ3) is 4.50. The van der Waals surface area contributed by atoms with E-state index in [1.165, 1.54) is 11.8 Å². The van der Waals surface area contributed by atoms with E-state index in [0.717, 1.165) is 36.3 Å². The van der Waals surface area contributed by atoms with E-state index in [1.54, 1.807) is 0 Å². The summed E-state index contributed by atoms with van der Waals surface area (Å²) in [5.74, 6) is 0.842. The number of hydrogen-bond donors (Lipinski definition) is 2. The second kappa shape index (κ2) is 7.86. The lowest BCUT2D eigenvalue weighted by atomic mass is 9.74. The Labute approximate surface area is 140 Å². The third-order valence-corrected chi connectivity index (χ3v) is 5.51. The number of carboxylic acids is 1. The molecule has 0 atom stereocenters. The highest BCUT2D eigenvalue weighted by Crippen LogP contribution is 2.36. The molecule has 23 heavy (non-hydrogen) atoms. The van der Waals surface area contributed by atoms with Crippen LogP contribution in [0.15, 0.2) is 4.52 Å². The lowest BCUT2D eigenvalue weighted by Crippen LogP contribution is -2.44. The maximum atomic E-state index is 12.0. The minimum absolute atomic E-state index is 0.118. The summed E-state index contributed by atoms with van der Waals surface area (Å²) in [5.41, 5.74) is 1.10. The fourth-order valence-electron chi connectivity index (χ4n) is 2.97. The summed E-state index contributed by atoms with van der Waals surface area (Å²) in [6.07, 6.45) is 4.21. The molecular weight excluding hydrogens is 316 g/mol. The Morgan fingerprint density at radius 2 is 2.00 bits per heavy atom. The van der Waals surface area contributed by atoms with Gasteiger partial charge in [-0.3, -0.25) is 9.59 Å². The predicted octanol–water partition coefficient (Wildman–Crippen LogP) is 2.68. The Hall–Kier alpha value is -1.50. The number of thioether (sulfide) groups is 1. The number of aliphatic carboxylic acids is 1. The molecule has 128 valence electrons. The van der Waals surface area contributed by atoms with Gasteiger partial charge in [-0.15, -0.1) is 11.8 Å². The van der Waals surface area contributed by atoms with Gasteiger partial charge in [0.1, 0.15) is 5.76 Å². The van der Waals surface area contributed by atoms with Crippen molar-refractivity contribution in [2.45, 2.75) is 51.7 Å². The number of carbonyl (C=O) groups is 2. The van der Waals surface area contributed by atoms with Crippen LogP contribution in [0.3, 0.4) is 0 Å². The second-order valence-electron chi connectivity index (χ2n) is 6.22. The Kier molecular flexibility index (Phi) is 6.10. The highest BCUT2D eigenvalue weighted by atomic mass is 32.2. The van der Waals surface area contributed by atoms with Crippen LogP contribution in [0, 0.1) is 19.3 Å². The predicted molar refractivity (Wildman–Crippen MR) is 88.3 cm³/mol. The van der Waals surface area contributed by atoms with Gasteiger partial charge in [0.25, 0.3) is 0 Å². The Bertz CT molecular complexity index is 545. The molecule has 0 aromatic carbocycles. The van der Waals surface area contributed by atoms with Crippen LogP contribution < -0.4 is 5.32 Å². The maximum Gasteiger partial charge on any atom is 0.311 e. The third-order valence-electron chi connectivity index (χ3n) is 4.55. The van der Waals surface area contributed by atoms with Crippen LogP contribution in [-0.4, -0.2) is 34.4 Å². The van der Waals surface area contributed by atoms with Gasteiger partial charge in [0.2, 0.25) is 5.91 Å². The zero-order chi connectivity index (χ0) is 16.9. The monoisotopic (exact) mass is 340 g/mol. The normalized spacial score (nSPS) is 17.0. The van der Waals surface area contributed by atoms with E-state index in [4.69, 9.17) is 4.52 Å². The van der Waals surface area contributed by atoms with Crippen LogP contribution in [-0.2, 0) is 15.3 Å². The molecule has 0 saturated heterocycles. The molecule has 0 spiro atoms. The van der Waals surface area contributed by atoms with Gasteiger partial charge in [0.15, 0.2) is 0 Å². The summed E-state index contributed by atoms with van der Waals surface area (Å²) in [7, 11) is 0. The van der Waals surface area contributed by atoms with Crippen LogP contribution in [0.2, 0.25) is 0 Å². The molecule has 1 fully saturated rings. The molecule has 0 unspecified atom stereocenters. The number of nitrogens with one attached hydrogen (secondary N) is 1. The first-order chi connectivity index (χ1) is 10.9. The number of nitrogens with zero attached hydrogens (tertiary/aromatic N) is 1. The van der Waals surface area contributed by atoms with E-state index >= 15 is 0 Å². The van der Waals surface area contributed by atoms with E-state index < -0.39 is 11.4 Å². The smallest absolute Gasteiger partial charge is 0.311 e. The number of aryl methyl sites for hydroxylation is 2. The van der Waals surface area contributed by atoms with E-state index in [0.29, 0.717) is 24.3 Å². The SMILES string of the molecule is Cc1noc(C)c1CSCC(=O)NCC1(C(=O)O)CCCCC1. The maximum absolute atomic E-state index is 12.0. The van der Waals surface area contributed by atoms with Gasteiger partial charge >= 0.3 is 5.97 Å². The van der Waals surface area contributed by atoms with Crippen LogP contribution in [0.25, 0.3) is 0 Å². The quantitative estimate of drug-likeness (QED) is 0.793. The van der Waals surface area contributed by atoms with Crippen molar-refractivity contribution >= 4 is 23.6 Å². The number of carboxylic acid groups (broad SMARTS) is 1. The molecule has 2 rings (SSSR count). The van der Waals surface area contributed by atoms with Gasteiger partial charge in [-0.25, -0.2) is 0 Å². The molecule has 1 aliphatic rings. The van der Waals surface area contributed by atoms with Crippen molar-refractivity contribution in [3.05, 3.63) is 17.0 Å². The van der Waals surface area contributed by atoms with Crippen molar-refractivity contribution in [2.75, 3.05) is 12.3 Å². The van der Waals surface area contributed by atoms with Crippen molar-refractivity contribution in [3.8, 4) is 0 Å². The molecule has 1 amide bonds. The van der Waals surface area contributed by atoms with E-state index in [2.05, 4.69) is 10.5 Å². The Morgan fingerprint density at radius 1 is 1.30 bits per heavy atom. The van der Waals surface area contributed by atoms with Crippen LogP contribution in [0.5, 0.6) is 0 Å². The summed E-state index contributed by atoms with van der Waals surface area (Å²) in [4.78, 5) is 23.5. The van der Waals surface area contributed by atoms with Crippen molar-refractivity contribution in [1.29, 1.82) is 0 Å². The fraction of sp³-hybridized carbons (Fsp3) is 0.688. The van der Waals surface area contributed by atoms with E-state index in [9.17, 15) is 14.7 Å². The van der Waals surface area contributed by atoms with Crippen molar-refractivity contribution in [1.82, 2.24) is 10.5 Å².